The quantitative estimate of drug-likeness (QED) is 0.919. The number of hydrogen-bond donors (Lipinski definition) is 1. The lowest BCUT2D eigenvalue weighted by atomic mass is 10.2. The highest BCUT2D eigenvalue weighted by Crippen LogP contribution is 2.32. The molecule has 1 aliphatic heterocycles. The molecule has 0 aromatic carbocycles. The second kappa shape index (κ2) is 5.40. The predicted octanol–water partition coefficient (Wildman–Crippen LogP) is 3.11. The van der Waals surface area contributed by atoms with Crippen LogP contribution in [0.5, 0.6) is 0 Å². The summed E-state index contributed by atoms with van der Waals surface area (Å²) >= 11 is 1.57. The Morgan fingerprint density at radius 1 is 1.45 bits per heavy atom. The summed E-state index contributed by atoms with van der Waals surface area (Å²) < 4.78 is 11.2. The first kappa shape index (κ1) is 15.1. The lowest BCUT2D eigenvalue weighted by molar-refractivity contribution is 0.0232. The van der Waals surface area contributed by atoms with Crippen LogP contribution in [0.25, 0.3) is 10.8 Å². The van der Waals surface area contributed by atoms with E-state index in [0.717, 1.165) is 21.2 Å². The zero-order chi connectivity index (χ0) is 15.9. The van der Waals surface area contributed by atoms with Crippen LogP contribution in [-0.2, 0) is 24.4 Å². The fourth-order valence-corrected chi connectivity index (χ4v) is 3.02. The largest absolute Gasteiger partial charge is 0.444 e. The summed E-state index contributed by atoms with van der Waals surface area (Å²) in [6.45, 7) is 6.87. The molecule has 0 atom stereocenters. The SMILES string of the molecule is CC(C)(C)OC(=O)N1Cc2nc(-c3ccc(CN)s3)oc2C1. The zero-order valence-electron chi connectivity index (χ0n) is 12.9. The second-order valence-corrected chi connectivity index (χ2v) is 7.36. The maximum Gasteiger partial charge on any atom is 0.411 e. The zero-order valence-corrected chi connectivity index (χ0v) is 13.7. The Bertz CT molecular complexity index is 676. The number of carbonyl (C=O) groups is 1. The number of hydrogen-bond acceptors (Lipinski definition) is 6. The average Bonchev–Trinajstić information content (AvgIpc) is 3.09. The van der Waals surface area contributed by atoms with Gasteiger partial charge in [0.2, 0.25) is 5.89 Å². The first-order valence-electron chi connectivity index (χ1n) is 7.11. The molecule has 1 amide bonds. The van der Waals surface area contributed by atoms with Crippen molar-refractivity contribution in [3.05, 3.63) is 28.5 Å². The van der Waals surface area contributed by atoms with Crippen molar-refractivity contribution in [3.8, 4) is 10.8 Å². The molecule has 0 bridgehead atoms. The van der Waals surface area contributed by atoms with Gasteiger partial charge in [0.05, 0.1) is 18.0 Å². The number of amides is 1. The Morgan fingerprint density at radius 3 is 2.82 bits per heavy atom. The van der Waals surface area contributed by atoms with Crippen LogP contribution in [0.4, 0.5) is 4.79 Å². The van der Waals surface area contributed by atoms with Crippen LogP contribution in [0.2, 0.25) is 0 Å². The van der Waals surface area contributed by atoms with Gasteiger partial charge in [-0.25, -0.2) is 9.78 Å². The number of ether oxygens (including phenoxy) is 1. The maximum absolute atomic E-state index is 12.0. The van der Waals surface area contributed by atoms with E-state index in [-0.39, 0.29) is 6.09 Å². The molecule has 22 heavy (non-hydrogen) atoms. The van der Waals surface area contributed by atoms with Crippen LogP contribution >= 0.6 is 11.3 Å². The third-order valence-electron chi connectivity index (χ3n) is 3.18. The molecule has 118 valence electrons. The summed E-state index contributed by atoms with van der Waals surface area (Å²) in [6, 6.07) is 3.93. The van der Waals surface area contributed by atoms with E-state index >= 15 is 0 Å². The number of carbonyl (C=O) groups excluding carboxylic acids is 1. The molecular weight excluding hydrogens is 302 g/mol. The molecule has 2 N–H and O–H groups in total. The minimum Gasteiger partial charge on any atom is -0.444 e. The minimum atomic E-state index is -0.505. The molecule has 0 unspecified atom stereocenters. The summed E-state index contributed by atoms with van der Waals surface area (Å²) in [6.07, 6.45) is -0.344. The molecule has 0 fully saturated rings. The van der Waals surface area contributed by atoms with Crippen LogP contribution in [-0.4, -0.2) is 21.6 Å². The Morgan fingerprint density at radius 2 is 2.23 bits per heavy atom. The summed E-state index contributed by atoms with van der Waals surface area (Å²) in [5, 5.41) is 0. The van der Waals surface area contributed by atoms with Crippen molar-refractivity contribution in [1.29, 1.82) is 0 Å². The van der Waals surface area contributed by atoms with Gasteiger partial charge in [-0.2, -0.15) is 0 Å². The van der Waals surface area contributed by atoms with Gasteiger partial charge in [0, 0.05) is 11.4 Å². The molecule has 0 aliphatic carbocycles. The molecule has 3 heterocycles. The average molecular weight is 321 g/mol. The summed E-state index contributed by atoms with van der Waals surface area (Å²) in [5.74, 6) is 1.32. The molecule has 1 aliphatic rings. The highest BCUT2D eigenvalue weighted by molar-refractivity contribution is 7.15. The summed E-state index contributed by atoms with van der Waals surface area (Å²) in [4.78, 5) is 20.2. The molecule has 0 saturated heterocycles. The van der Waals surface area contributed by atoms with E-state index in [1.807, 2.05) is 32.9 Å². The van der Waals surface area contributed by atoms with Crippen LogP contribution < -0.4 is 5.73 Å². The fraction of sp³-hybridized carbons (Fsp3) is 0.467. The molecular formula is C15H19N3O3S. The van der Waals surface area contributed by atoms with Crippen LogP contribution in [0, 0.1) is 0 Å². The highest BCUT2D eigenvalue weighted by atomic mass is 32.1. The molecule has 0 radical (unpaired) electrons. The number of aromatic nitrogens is 1. The van der Waals surface area contributed by atoms with Gasteiger partial charge in [-0.15, -0.1) is 11.3 Å². The van der Waals surface area contributed by atoms with E-state index < -0.39 is 5.60 Å². The van der Waals surface area contributed by atoms with Crippen LogP contribution in [0.3, 0.4) is 0 Å². The number of nitrogens with two attached hydrogens (primary N) is 1. The predicted molar refractivity (Wildman–Crippen MR) is 83.2 cm³/mol. The Hall–Kier alpha value is -1.86. The van der Waals surface area contributed by atoms with Gasteiger partial charge in [-0.3, -0.25) is 4.90 Å². The summed E-state index contributed by atoms with van der Waals surface area (Å²) in [5.41, 5.74) is 5.91. The summed E-state index contributed by atoms with van der Waals surface area (Å²) in [7, 11) is 0. The molecule has 0 spiro atoms. The molecule has 7 heteroatoms. The van der Waals surface area contributed by atoms with Gasteiger partial charge >= 0.3 is 6.09 Å². The van der Waals surface area contributed by atoms with Crippen molar-refractivity contribution in [2.24, 2.45) is 5.73 Å². The van der Waals surface area contributed by atoms with E-state index in [2.05, 4.69) is 4.98 Å². The minimum absolute atomic E-state index is 0.344. The fourth-order valence-electron chi connectivity index (χ4n) is 2.20. The number of oxazole rings is 1. The van der Waals surface area contributed by atoms with Gasteiger partial charge in [-0.1, -0.05) is 0 Å². The number of nitrogens with zero attached hydrogens (tertiary/aromatic N) is 2. The van der Waals surface area contributed by atoms with Crippen LogP contribution in [0.1, 0.15) is 37.1 Å². The van der Waals surface area contributed by atoms with Gasteiger partial charge in [0.25, 0.3) is 0 Å². The van der Waals surface area contributed by atoms with Crippen LogP contribution in [0.15, 0.2) is 16.5 Å². The molecule has 2 aromatic rings. The lowest BCUT2D eigenvalue weighted by Gasteiger charge is -2.23. The third-order valence-corrected chi connectivity index (χ3v) is 4.27. The first-order chi connectivity index (χ1) is 10.4. The van der Waals surface area contributed by atoms with E-state index in [4.69, 9.17) is 14.9 Å². The van der Waals surface area contributed by atoms with E-state index in [9.17, 15) is 4.79 Å². The standard InChI is InChI=1S/C15H19N3O3S/c1-15(2,3)21-14(19)18-7-10-11(8-18)20-13(17-10)12-5-4-9(6-16)22-12/h4-5H,6-8,16H2,1-3H3. The first-order valence-corrected chi connectivity index (χ1v) is 7.93. The van der Waals surface area contributed by atoms with E-state index in [0.29, 0.717) is 25.5 Å². The van der Waals surface area contributed by atoms with Crippen molar-refractivity contribution >= 4 is 17.4 Å². The van der Waals surface area contributed by atoms with Gasteiger partial charge in [0.15, 0.2) is 0 Å². The van der Waals surface area contributed by atoms with E-state index in [1.165, 1.54) is 0 Å². The van der Waals surface area contributed by atoms with Crippen molar-refractivity contribution in [2.45, 2.75) is 46.0 Å². The topological polar surface area (TPSA) is 81.6 Å². The monoisotopic (exact) mass is 321 g/mol. The maximum atomic E-state index is 12.0. The Labute approximate surface area is 132 Å². The van der Waals surface area contributed by atoms with Gasteiger partial charge in [-0.05, 0) is 32.9 Å². The van der Waals surface area contributed by atoms with Crippen molar-refractivity contribution in [3.63, 3.8) is 0 Å². The smallest absolute Gasteiger partial charge is 0.411 e. The normalized spacial score (nSPS) is 14.3. The molecule has 2 aromatic heterocycles. The molecule has 3 rings (SSSR count). The number of rotatable bonds is 2. The third kappa shape index (κ3) is 3.00. The molecule has 0 saturated carbocycles. The number of thiophene rings is 1. The van der Waals surface area contributed by atoms with Gasteiger partial charge in [0.1, 0.15) is 17.1 Å². The second-order valence-electron chi connectivity index (χ2n) is 6.20. The number of fused-ring (bicyclic) bond motifs is 1. The Balaban J connectivity index is 1.71. The highest BCUT2D eigenvalue weighted by Gasteiger charge is 2.32. The van der Waals surface area contributed by atoms with E-state index in [1.54, 1.807) is 16.2 Å². The Kier molecular flexibility index (Phi) is 3.70. The van der Waals surface area contributed by atoms with Gasteiger partial charge < -0.3 is 14.9 Å². The molecule has 6 nitrogen and oxygen atoms in total. The van der Waals surface area contributed by atoms with Crippen molar-refractivity contribution < 1.29 is 13.9 Å². The lowest BCUT2D eigenvalue weighted by Crippen LogP contribution is -2.33. The van der Waals surface area contributed by atoms with Crippen molar-refractivity contribution in [1.82, 2.24) is 9.88 Å². The van der Waals surface area contributed by atoms with Crippen molar-refractivity contribution in [2.75, 3.05) is 0 Å².